The molecule has 0 amide bonds. The molecule has 0 saturated carbocycles. The molecule has 0 spiro atoms. The first-order valence-electron chi connectivity index (χ1n) is 0.651. The Hall–Kier alpha value is 1.27. The topological polar surface area (TPSA) is 57.5 Å². The van der Waals surface area contributed by atoms with Gasteiger partial charge < -0.3 is 10.2 Å². The van der Waals surface area contributed by atoms with Crippen LogP contribution in [-0.2, 0) is 0 Å². The summed E-state index contributed by atoms with van der Waals surface area (Å²) in [4.78, 5) is 8.56. The van der Waals surface area contributed by atoms with E-state index in [-0.39, 0.29) is 59.1 Å². The molecule has 0 aromatic carbocycles. The molecule has 0 atom stereocenters. The summed E-state index contributed by atoms with van der Waals surface area (Å²) >= 11 is 0. The SMILES string of the molecule is O=C(O)O.[NaH].[NaH]. The molecule has 0 bridgehead atoms. The normalized spacial score (nSPS) is 4.00. The Bertz CT molecular complexity index is 31.8. The van der Waals surface area contributed by atoms with Crippen molar-refractivity contribution in [3.63, 3.8) is 0 Å². The van der Waals surface area contributed by atoms with Crippen molar-refractivity contribution in [1.82, 2.24) is 0 Å². The summed E-state index contributed by atoms with van der Waals surface area (Å²) in [7, 11) is 0. The first-order valence-corrected chi connectivity index (χ1v) is 0.651. The fourth-order valence-electron chi connectivity index (χ4n) is 0. The van der Waals surface area contributed by atoms with E-state index in [1.165, 1.54) is 0 Å². The molecule has 0 radical (unpaired) electrons. The number of hydrogen-bond acceptors (Lipinski definition) is 1. The van der Waals surface area contributed by atoms with Crippen LogP contribution in [0.1, 0.15) is 0 Å². The Labute approximate surface area is 79.3 Å². The molecule has 0 aromatic heterocycles. The quantitative estimate of drug-likeness (QED) is 0.390. The van der Waals surface area contributed by atoms with Crippen LogP contribution in [0.4, 0.5) is 4.79 Å². The monoisotopic (exact) mass is 110 g/mol. The van der Waals surface area contributed by atoms with E-state index in [2.05, 4.69) is 0 Å². The Morgan fingerprint density at radius 1 is 1.17 bits per heavy atom. The molecule has 0 aromatic rings. The predicted octanol–water partition coefficient (Wildman–Crippen LogP) is -1.07. The van der Waals surface area contributed by atoms with Crippen LogP contribution in [0.15, 0.2) is 0 Å². The van der Waals surface area contributed by atoms with Gasteiger partial charge in [-0.15, -0.1) is 0 Å². The van der Waals surface area contributed by atoms with Gasteiger partial charge in [0.05, 0.1) is 0 Å². The van der Waals surface area contributed by atoms with Crippen molar-refractivity contribution < 1.29 is 15.0 Å². The van der Waals surface area contributed by atoms with Crippen molar-refractivity contribution in [2.45, 2.75) is 0 Å². The van der Waals surface area contributed by atoms with Crippen LogP contribution >= 0.6 is 0 Å². The molecular weight excluding hydrogens is 106 g/mol. The summed E-state index contributed by atoms with van der Waals surface area (Å²) in [5.41, 5.74) is 0. The molecule has 0 fully saturated rings. The number of rotatable bonds is 0. The van der Waals surface area contributed by atoms with Gasteiger partial charge in [-0.25, -0.2) is 4.79 Å². The van der Waals surface area contributed by atoms with Gasteiger partial charge >= 0.3 is 65.3 Å². The molecular formula is CH4Na2O3. The van der Waals surface area contributed by atoms with Gasteiger partial charge in [-0.05, 0) is 0 Å². The first kappa shape index (κ1) is 15.7. The van der Waals surface area contributed by atoms with Gasteiger partial charge in [-0.2, -0.15) is 0 Å². The van der Waals surface area contributed by atoms with E-state index < -0.39 is 6.16 Å². The third-order valence-corrected chi connectivity index (χ3v) is 0. The van der Waals surface area contributed by atoms with Gasteiger partial charge in [-0.1, -0.05) is 0 Å². The second kappa shape index (κ2) is 9.55. The van der Waals surface area contributed by atoms with Crippen molar-refractivity contribution in [3.8, 4) is 0 Å². The fraction of sp³-hybridized carbons (Fsp3) is 0. The minimum absolute atomic E-state index is 0. The molecule has 2 N–H and O–H groups in total. The van der Waals surface area contributed by atoms with Crippen molar-refractivity contribution in [2.24, 2.45) is 0 Å². The molecule has 0 saturated heterocycles. The average molecular weight is 110 g/mol. The summed E-state index contributed by atoms with van der Waals surface area (Å²) < 4.78 is 0. The average Bonchev–Trinajstić information content (AvgIpc) is 0.811. The molecule has 5 heteroatoms. The van der Waals surface area contributed by atoms with Crippen LogP contribution in [-0.4, -0.2) is 75.5 Å². The van der Waals surface area contributed by atoms with E-state index in [0.29, 0.717) is 0 Å². The van der Waals surface area contributed by atoms with Crippen LogP contribution in [0, 0.1) is 0 Å². The van der Waals surface area contributed by atoms with Gasteiger partial charge in [0.1, 0.15) is 0 Å². The molecule has 0 aliphatic heterocycles. The summed E-state index contributed by atoms with van der Waals surface area (Å²) in [6.07, 6.45) is -1.83. The van der Waals surface area contributed by atoms with E-state index in [9.17, 15) is 0 Å². The maximum atomic E-state index is 8.56. The Kier molecular flexibility index (Phi) is 25.0. The van der Waals surface area contributed by atoms with Crippen molar-refractivity contribution in [3.05, 3.63) is 0 Å². The zero-order valence-corrected chi connectivity index (χ0v) is 1.80. The molecule has 0 unspecified atom stereocenters. The standard InChI is InChI=1S/CH2O3.2Na.2H/c2-1(3)4;;;;/h(H2,2,3,4);;;;. The molecule has 6 heavy (non-hydrogen) atoms. The van der Waals surface area contributed by atoms with Crippen LogP contribution in [0.25, 0.3) is 0 Å². The number of carboxylic acid groups (broad SMARTS) is 2. The summed E-state index contributed by atoms with van der Waals surface area (Å²) in [5.74, 6) is 0. The van der Waals surface area contributed by atoms with E-state index in [4.69, 9.17) is 15.0 Å². The van der Waals surface area contributed by atoms with Gasteiger partial charge in [0.15, 0.2) is 0 Å². The van der Waals surface area contributed by atoms with Gasteiger partial charge in [-0.3, -0.25) is 0 Å². The second-order valence-electron chi connectivity index (χ2n) is 0.283. The number of hydrogen-bond donors (Lipinski definition) is 2. The van der Waals surface area contributed by atoms with Gasteiger partial charge in [0.25, 0.3) is 0 Å². The number of carbonyl (C=O) groups is 1. The van der Waals surface area contributed by atoms with Crippen LogP contribution in [0.3, 0.4) is 0 Å². The molecule has 28 valence electrons. The molecule has 3 nitrogen and oxygen atoms in total. The van der Waals surface area contributed by atoms with E-state index in [1.54, 1.807) is 0 Å². The predicted molar refractivity (Wildman–Crippen MR) is 25.0 cm³/mol. The third-order valence-electron chi connectivity index (χ3n) is 0. The van der Waals surface area contributed by atoms with Crippen molar-refractivity contribution in [1.29, 1.82) is 0 Å². The zero-order chi connectivity index (χ0) is 3.58. The fourth-order valence-corrected chi connectivity index (χ4v) is 0. The van der Waals surface area contributed by atoms with Crippen molar-refractivity contribution >= 4 is 65.3 Å². The van der Waals surface area contributed by atoms with Crippen molar-refractivity contribution in [2.75, 3.05) is 0 Å². The molecule has 0 aliphatic rings. The van der Waals surface area contributed by atoms with Gasteiger partial charge in [0, 0.05) is 0 Å². The van der Waals surface area contributed by atoms with E-state index in [1.807, 2.05) is 0 Å². The van der Waals surface area contributed by atoms with Crippen LogP contribution in [0.5, 0.6) is 0 Å². The van der Waals surface area contributed by atoms with E-state index >= 15 is 0 Å². The van der Waals surface area contributed by atoms with E-state index in [0.717, 1.165) is 0 Å². The zero-order valence-electron chi connectivity index (χ0n) is 1.80. The molecule has 0 heterocycles. The Morgan fingerprint density at radius 2 is 1.17 bits per heavy atom. The summed E-state index contributed by atoms with van der Waals surface area (Å²) in [6, 6.07) is 0. The summed E-state index contributed by atoms with van der Waals surface area (Å²) in [6.45, 7) is 0. The Morgan fingerprint density at radius 3 is 1.17 bits per heavy atom. The molecule has 0 rings (SSSR count). The van der Waals surface area contributed by atoms with Crippen LogP contribution < -0.4 is 0 Å². The first-order chi connectivity index (χ1) is 1.73. The second-order valence-corrected chi connectivity index (χ2v) is 0.283. The van der Waals surface area contributed by atoms with Gasteiger partial charge in [0.2, 0.25) is 0 Å². The molecule has 0 aliphatic carbocycles. The Balaban J connectivity index is -0.0000000450. The van der Waals surface area contributed by atoms with Crippen LogP contribution in [0.2, 0.25) is 0 Å². The maximum absolute atomic E-state index is 8.56. The summed E-state index contributed by atoms with van der Waals surface area (Å²) in [5, 5.41) is 13.9. The minimum atomic E-state index is -1.83. The third kappa shape index (κ3) is 59.6.